The van der Waals surface area contributed by atoms with Gasteiger partial charge in [0.05, 0.1) is 26.5 Å². The first-order valence-corrected chi connectivity index (χ1v) is 7.36. The van der Waals surface area contributed by atoms with E-state index in [1.807, 2.05) is 37.3 Å². The highest BCUT2D eigenvalue weighted by atomic mass is 16.5. The maximum absolute atomic E-state index is 5.61. The minimum Gasteiger partial charge on any atom is -0.495 e. The second-order valence-corrected chi connectivity index (χ2v) is 4.98. The van der Waals surface area contributed by atoms with E-state index in [0.717, 1.165) is 28.5 Å². The predicted octanol–water partition coefficient (Wildman–Crippen LogP) is 4.02. The average molecular weight is 301 g/mol. The van der Waals surface area contributed by atoms with Crippen LogP contribution in [-0.4, -0.2) is 20.8 Å². The van der Waals surface area contributed by atoms with Crippen LogP contribution in [0, 0.1) is 6.92 Å². The topological polar surface area (TPSA) is 39.7 Å². The average Bonchev–Trinajstić information content (AvgIpc) is 2.53. The number of methoxy groups -OCH3 is 2. The first kappa shape index (κ1) is 16.0. The van der Waals surface area contributed by atoms with Crippen molar-refractivity contribution in [3.63, 3.8) is 0 Å². The Hall–Kier alpha value is -2.36. The van der Waals surface area contributed by atoms with Crippen molar-refractivity contribution in [2.45, 2.75) is 20.4 Å². The van der Waals surface area contributed by atoms with E-state index in [0.29, 0.717) is 13.2 Å². The lowest BCUT2D eigenvalue weighted by atomic mass is 10.1. The molecule has 0 saturated heterocycles. The zero-order valence-corrected chi connectivity index (χ0v) is 13.6. The Kier molecular flexibility index (Phi) is 5.53. The molecule has 22 heavy (non-hydrogen) atoms. The van der Waals surface area contributed by atoms with Crippen molar-refractivity contribution >= 4 is 5.69 Å². The number of hydrogen-bond acceptors (Lipinski definition) is 4. The molecule has 0 aliphatic carbocycles. The predicted molar refractivity (Wildman–Crippen MR) is 89.2 cm³/mol. The Labute approximate surface area is 132 Å². The van der Waals surface area contributed by atoms with E-state index >= 15 is 0 Å². The number of benzene rings is 2. The Morgan fingerprint density at radius 3 is 2.32 bits per heavy atom. The van der Waals surface area contributed by atoms with Gasteiger partial charge in [-0.25, -0.2) is 0 Å². The molecule has 2 aromatic rings. The second-order valence-electron chi connectivity index (χ2n) is 4.98. The summed E-state index contributed by atoms with van der Waals surface area (Å²) in [5, 5.41) is 3.41. The number of aryl methyl sites for hydroxylation is 1. The number of anilines is 1. The first-order chi connectivity index (χ1) is 10.7. The smallest absolute Gasteiger partial charge is 0.161 e. The molecule has 0 heterocycles. The van der Waals surface area contributed by atoms with Gasteiger partial charge in [0.25, 0.3) is 0 Å². The second kappa shape index (κ2) is 7.59. The summed E-state index contributed by atoms with van der Waals surface area (Å²) in [6.45, 7) is 5.32. The van der Waals surface area contributed by atoms with E-state index in [1.165, 1.54) is 5.56 Å². The van der Waals surface area contributed by atoms with Gasteiger partial charge in [-0.3, -0.25) is 0 Å². The molecule has 2 rings (SSSR count). The molecule has 0 atom stereocenters. The summed E-state index contributed by atoms with van der Waals surface area (Å²) in [5.41, 5.74) is 3.29. The fourth-order valence-corrected chi connectivity index (χ4v) is 2.26. The van der Waals surface area contributed by atoms with E-state index < -0.39 is 0 Å². The van der Waals surface area contributed by atoms with E-state index in [4.69, 9.17) is 14.2 Å². The molecular weight excluding hydrogens is 278 g/mol. The van der Waals surface area contributed by atoms with E-state index in [-0.39, 0.29) is 0 Å². The van der Waals surface area contributed by atoms with Crippen LogP contribution in [0.4, 0.5) is 5.69 Å². The van der Waals surface area contributed by atoms with Crippen LogP contribution in [0.5, 0.6) is 17.2 Å². The third kappa shape index (κ3) is 3.85. The molecule has 0 aromatic heterocycles. The Morgan fingerprint density at radius 2 is 1.64 bits per heavy atom. The molecule has 4 nitrogen and oxygen atoms in total. The summed E-state index contributed by atoms with van der Waals surface area (Å²) in [6, 6.07) is 12.0. The summed E-state index contributed by atoms with van der Waals surface area (Å²) in [7, 11) is 3.32. The molecule has 1 N–H and O–H groups in total. The van der Waals surface area contributed by atoms with E-state index in [1.54, 1.807) is 14.2 Å². The molecule has 0 amide bonds. The normalized spacial score (nSPS) is 10.2. The summed E-state index contributed by atoms with van der Waals surface area (Å²) in [5.74, 6) is 2.35. The molecule has 0 radical (unpaired) electrons. The maximum Gasteiger partial charge on any atom is 0.161 e. The molecule has 2 aromatic carbocycles. The van der Waals surface area contributed by atoms with Crippen LogP contribution in [0.15, 0.2) is 36.4 Å². The van der Waals surface area contributed by atoms with Gasteiger partial charge in [0.2, 0.25) is 0 Å². The standard InChI is InChI=1S/C18H23NO3/c1-5-22-18-11-14(7-9-17(18)21-4)12-19-15-10-13(2)6-8-16(15)20-3/h6-11,19H,5,12H2,1-4H3. The van der Waals surface area contributed by atoms with Crippen LogP contribution in [0.2, 0.25) is 0 Å². The van der Waals surface area contributed by atoms with E-state index in [2.05, 4.69) is 18.3 Å². The third-order valence-corrected chi connectivity index (χ3v) is 3.37. The Balaban J connectivity index is 2.14. The quantitative estimate of drug-likeness (QED) is 0.838. The molecule has 0 spiro atoms. The zero-order valence-electron chi connectivity index (χ0n) is 13.6. The van der Waals surface area contributed by atoms with Gasteiger partial charge < -0.3 is 19.5 Å². The SMILES string of the molecule is CCOc1cc(CNc2cc(C)ccc2OC)ccc1OC. The van der Waals surface area contributed by atoms with Crippen molar-refractivity contribution < 1.29 is 14.2 Å². The van der Waals surface area contributed by atoms with Crippen molar-refractivity contribution in [3.8, 4) is 17.2 Å². The van der Waals surface area contributed by atoms with Gasteiger partial charge in [-0.15, -0.1) is 0 Å². The van der Waals surface area contributed by atoms with Crippen LogP contribution in [-0.2, 0) is 6.54 Å². The summed E-state index contributed by atoms with van der Waals surface area (Å²) >= 11 is 0. The lowest BCUT2D eigenvalue weighted by Gasteiger charge is -2.14. The molecular formula is C18H23NO3. The summed E-state index contributed by atoms with van der Waals surface area (Å²) < 4.78 is 16.3. The number of hydrogen-bond donors (Lipinski definition) is 1. The Morgan fingerprint density at radius 1 is 0.909 bits per heavy atom. The summed E-state index contributed by atoms with van der Waals surface area (Å²) in [4.78, 5) is 0. The lowest BCUT2D eigenvalue weighted by Crippen LogP contribution is -2.03. The highest BCUT2D eigenvalue weighted by molar-refractivity contribution is 5.58. The monoisotopic (exact) mass is 301 g/mol. The molecule has 0 aliphatic rings. The lowest BCUT2D eigenvalue weighted by molar-refractivity contribution is 0.310. The van der Waals surface area contributed by atoms with E-state index in [9.17, 15) is 0 Å². The van der Waals surface area contributed by atoms with Crippen molar-refractivity contribution in [3.05, 3.63) is 47.5 Å². The third-order valence-electron chi connectivity index (χ3n) is 3.37. The minimum atomic E-state index is 0.610. The van der Waals surface area contributed by atoms with Crippen LogP contribution < -0.4 is 19.5 Å². The molecule has 0 saturated carbocycles. The van der Waals surface area contributed by atoms with Gasteiger partial charge in [0.1, 0.15) is 5.75 Å². The summed E-state index contributed by atoms with van der Waals surface area (Å²) in [6.07, 6.45) is 0. The van der Waals surface area contributed by atoms with Crippen LogP contribution in [0.1, 0.15) is 18.1 Å². The zero-order chi connectivity index (χ0) is 15.9. The first-order valence-electron chi connectivity index (χ1n) is 7.36. The Bertz CT molecular complexity index is 626. The molecule has 4 heteroatoms. The van der Waals surface area contributed by atoms with Gasteiger partial charge in [-0.05, 0) is 49.2 Å². The highest BCUT2D eigenvalue weighted by Crippen LogP contribution is 2.29. The number of ether oxygens (including phenoxy) is 3. The molecule has 118 valence electrons. The van der Waals surface area contributed by atoms with Gasteiger partial charge in [-0.2, -0.15) is 0 Å². The molecule has 0 bridgehead atoms. The van der Waals surface area contributed by atoms with Crippen LogP contribution in [0.25, 0.3) is 0 Å². The van der Waals surface area contributed by atoms with Gasteiger partial charge in [0, 0.05) is 6.54 Å². The molecule has 0 aliphatic heterocycles. The molecule has 0 fully saturated rings. The van der Waals surface area contributed by atoms with Crippen LogP contribution in [0.3, 0.4) is 0 Å². The fourth-order valence-electron chi connectivity index (χ4n) is 2.26. The number of nitrogens with one attached hydrogen (secondary N) is 1. The van der Waals surface area contributed by atoms with Gasteiger partial charge in [0.15, 0.2) is 11.5 Å². The van der Waals surface area contributed by atoms with Gasteiger partial charge >= 0.3 is 0 Å². The van der Waals surface area contributed by atoms with Crippen LogP contribution >= 0.6 is 0 Å². The maximum atomic E-state index is 5.61. The molecule has 0 unspecified atom stereocenters. The van der Waals surface area contributed by atoms with Crippen molar-refractivity contribution in [2.24, 2.45) is 0 Å². The minimum absolute atomic E-state index is 0.610. The highest BCUT2D eigenvalue weighted by Gasteiger charge is 2.07. The van der Waals surface area contributed by atoms with Crippen molar-refractivity contribution in [1.29, 1.82) is 0 Å². The number of rotatable bonds is 7. The van der Waals surface area contributed by atoms with Crippen molar-refractivity contribution in [1.82, 2.24) is 0 Å². The largest absolute Gasteiger partial charge is 0.495 e. The fraction of sp³-hybridized carbons (Fsp3) is 0.333. The van der Waals surface area contributed by atoms with Crippen molar-refractivity contribution in [2.75, 3.05) is 26.1 Å². The van der Waals surface area contributed by atoms with Gasteiger partial charge in [-0.1, -0.05) is 12.1 Å².